The second-order valence-corrected chi connectivity index (χ2v) is 7.29. The van der Waals surface area contributed by atoms with Crippen molar-refractivity contribution in [1.29, 1.82) is 0 Å². The predicted octanol–water partition coefficient (Wildman–Crippen LogP) is 3.56. The summed E-state index contributed by atoms with van der Waals surface area (Å²) in [6, 6.07) is 3.31. The van der Waals surface area contributed by atoms with Gasteiger partial charge in [0.2, 0.25) is 0 Å². The van der Waals surface area contributed by atoms with Gasteiger partial charge in [-0.25, -0.2) is 0 Å². The molecular weight excluding hydrogens is 232 g/mol. The topological polar surface area (TPSA) is 15.3 Å². The Morgan fingerprint density at radius 2 is 1.84 bits per heavy atom. The molecule has 0 amide bonds. The van der Waals surface area contributed by atoms with Crippen LogP contribution in [0.15, 0.2) is 0 Å². The van der Waals surface area contributed by atoms with Crippen LogP contribution < -0.4 is 5.32 Å². The molecule has 2 heteroatoms. The van der Waals surface area contributed by atoms with E-state index in [4.69, 9.17) is 0 Å². The van der Waals surface area contributed by atoms with E-state index in [1.165, 1.54) is 64.3 Å². The fourth-order valence-corrected chi connectivity index (χ4v) is 4.52. The molecule has 3 aliphatic rings. The number of hydrogen-bond donors (Lipinski definition) is 1. The van der Waals surface area contributed by atoms with Crippen molar-refractivity contribution in [2.45, 2.75) is 95.8 Å². The maximum absolute atomic E-state index is 4.04. The van der Waals surface area contributed by atoms with E-state index in [1.807, 2.05) is 0 Å². The highest BCUT2D eigenvalue weighted by molar-refractivity contribution is 4.97. The predicted molar refractivity (Wildman–Crippen MR) is 81.4 cm³/mol. The van der Waals surface area contributed by atoms with Gasteiger partial charge in [-0.2, -0.15) is 0 Å². The molecule has 110 valence electrons. The summed E-state index contributed by atoms with van der Waals surface area (Å²) in [5.74, 6) is 0.962. The minimum atomic E-state index is 0.766. The van der Waals surface area contributed by atoms with E-state index in [0.717, 1.165) is 30.1 Å². The van der Waals surface area contributed by atoms with Crippen molar-refractivity contribution in [3.8, 4) is 0 Å². The molecule has 0 aromatic carbocycles. The van der Waals surface area contributed by atoms with E-state index in [1.54, 1.807) is 0 Å². The van der Waals surface area contributed by atoms with Crippen molar-refractivity contribution in [2.75, 3.05) is 6.54 Å². The van der Waals surface area contributed by atoms with Crippen molar-refractivity contribution >= 4 is 0 Å². The lowest BCUT2D eigenvalue weighted by Gasteiger charge is -2.32. The third-order valence-corrected chi connectivity index (χ3v) is 5.75. The molecule has 2 saturated carbocycles. The van der Waals surface area contributed by atoms with Gasteiger partial charge >= 0.3 is 0 Å². The molecule has 2 nitrogen and oxygen atoms in total. The maximum Gasteiger partial charge on any atom is 0.0212 e. The molecule has 0 aromatic rings. The summed E-state index contributed by atoms with van der Waals surface area (Å²) >= 11 is 0. The molecule has 3 fully saturated rings. The summed E-state index contributed by atoms with van der Waals surface area (Å²) in [5.41, 5.74) is 0. The Balaban J connectivity index is 1.51. The molecule has 0 bridgehead atoms. The van der Waals surface area contributed by atoms with Crippen molar-refractivity contribution in [2.24, 2.45) is 5.92 Å². The Morgan fingerprint density at radius 1 is 1.11 bits per heavy atom. The highest BCUT2D eigenvalue weighted by Gasteiger charge is 2.39. The monoisotopic (exact) mass is 264 g/mol. The molecule has 19 heavy (non-hydrogen) atoms. The summed E-state index contributed by atoms with van der Waals surface area (Å²) in [6.45, 7) is 6.12. The van der Waals surface area contributed by atoms with E-state index in [0.29, 0.717) is 0 Å². The second-order valence-electron chi connectivity index (χ2n) is 7.29. The summed E-state index contributed by atoms with van der Waals surface area (Å²) in [6.07, 6.45) is 13.0. The van der Waals surface area contributed by atoms with Gasteiger partial charge in [0, 0.05) is 30.7 Å². The van der Waals surface area contributed by atoms with E-state index in [2.05, 4.69) is 24.1 Å². The average molecular weight is 264 g/mol. The molecule has 1 aliphatic heterocycles. The lowest BCUT2D eigenvalue weighted by atomic mass is 9.82. The SMILES string of the molecule is CCC(NC1CC(C)N(C2CC2)C1)C1CCCCC1. The van der Waals surface area contributed by atoms with Crippen LogP contribution in [0.4, 0.5) is 0 Å². The van der Waals surface area contributed by atoms with Gasteiger partial charge in [-0.1, -0.05) is 26.2 Å². The number of hydrogen-bond acceptors (Lipinski definition) is 2. The van der Waals surface area contributed by atoms with Crippen LogP contribution in [0.2, 0.25) is 0 Å². The van der Waals surface area contributed by atoms with Crippen molar-refractivity contribution in [3.63, 3.8) is 0 Å². The van der Waals surface area contributed by atoms with Crippen LogP contribution in [0.3, 0.4) is 0 Å². The third kappa shape index (κ3) is 3.33. The van der Waals surface area contributed by atoms with Crippen LogP contribution in [0.1, 0.15) is 71.6 Å². The van der Waals surface area contributed by atoms with Gasteiger partial charge in [0.05, 0.1) is 0 Å². The van der Waals surface area contributed by atoms with Gasteiger partial charge in [0.1, 0.15) is 0 Å². The fourth-order valence-electron chi connectivity index (χ4n) is 4.52. The quantitative estimate of drug-likeness (QED) is 0.817. The molecular formula is C17H32N2. The Labute approximate surface area is 119 Å². The summed E-state index contributed by atoms with van der Waals surface area (Å²) < 4.78 is 0. The molecule has 1 saturated heterocycles. The van der Waals surface area contributed by atoms with E-state index < -0.39 is 0 Å². The zero-order chi connectivity index (χ0) is 13.2. The molecule has 0 aromatic heterocycles. The highest BCUT2D eigenvalue weighted by Crippen LogP contribution is 2.34. The summed E-state index contributed by atoms with van der Waals surface area (Å²) in [7, 11) is 0. The Morgan fingerprint density at radius 3 is 2.47 bits per heavy atom. The maximum atomic E-state index is 4.04. The average Bonchev–Trinajstić information content (AvgIpc) is 3.21. The van der Waals surface area contributed by atoms with Crippen LogP contribution >= 0.6 is 0 Å². The van der Waals surface area contributed by atoms with Gasteiger partial charge in [-0.15, -0.1) is 0 Å². The lowest BCUT2D eigenvalue weighted by molar-refractivity contribution is 0.233. The van der Waals surface area contributed by atoms with Gasteiger partial charge < -0.3 is 5.32 Å². The first kappa shape index (κ1) is 13.9. The number of nitrogens with zero attached hydrogens (tertiary/aromatic N) is 1. The Bertz CT molecular complexity index is 281. The third-order valence-electron chi connectivity index (χ3n) is 5.75. The van der Waals surface area contributed by atoms with Gasteiger partial charge in [0.15, 0.2) is 0 Å². The van der Waals surface area contributed by atoms with Gasteiger partial charge in [0.25, 0.3) is 0 Å². The lowest BCUT2D eigenvalue weighted by Crippen LogP contribution is -2.44. The summed E-state index contributed by atoms with van der Waals surface area (Å²) in [5, 5.41) is 4.04. The number of likely N-dealkylation sites (tertiary alicyclic amines) is 1. The normalized spacial score (nSPS) is 35.7. The Kier molecular flexibility index (Phi) is 4.48. The van der Waals surface area contributed by atoms with Crippen LogP contribution in [0.25, 0.3) is 0 Å². The van der Waals surface area contributed by atoms with E-state index in [-0.39, 0.29) is 0 Å². The van der Waals surface area contributed by atoms with Crippen molar-refractivity contribution in [1.82, 2.24) is 10.2 Å². The standard InChI is InChI=1S/C17H32N2/c1-3-17(14-7-5-4-6-8-14)18-15-11-13(2)19(12-15)16-9-10-16/h13-18H,3-12H2,1-2H3. The smallest absolute Gasteiger partial charge is 0.0212 e. The zero-order valence-electron chi connectivity index (χ0n) is 12.9. The molecule has 0 spiro atoms. The van der Waals surface area contributed by atoms with Crippen molar-refractivity contribution < 1.29 is 0 Å². The van der Waals surface area contributed by atoms with Gasteiger partial charge in [-0.3, -0.25) is 4.90 Å². The van der Waals surface area contributed by atoms with Crippen LogP contribution in [0.5, 0.6) is 0 Å². The molecule has 3 rings (SSSR count). The summed E-state index contributed by atoms with van der Waals surface area (Å²) in [4.78, 5) is 2.77. The molecule has 3 atom stereocenters. The van der Waals surface area contributed by atoms with Gasteiger partial charge in [-0.05, 0) is 51.4 Å². The van der Waals surface area contributed by atoms with Crippen LogP contribution in [-0.2, 0) is 0 Å². The first-order valence-corrected chi connectivity index (χ1v) is 8.79. The largest absolute Gasteiger partial charge is 0.310 e. The Hall–Kier alpha value is -0.0800. The van der Waals surface area contributed by atoms with Crippen LogP contribution in [-0.4, -0.2) is 35.6 Å². The van der Waals surface area contributed by atoms with E-state index >= 15 is 0 Å². The molecule has 0 radical (unpaired) electrons. The first-order chi connectivity index (χ1) is 9.28. The van der Waals surface area contributed by atoms with Crippen LogP contribution in [0, 0.1) is 5.92 Å². The first-order valence-electron chi connectivity index (χ1n) is 8.79. The molecule has 1 heterocycles. The molecule has 3 unspecified atom stereocenters. The minimum Gasteiger partial charge on any atom is -0.310 e. The number of nitrogens with one attached hydrogen (secondary N) is 1. The number of rotatable bonds is 5. The minimum absolute atomic E-state index is 0.766. The van der Waals surface area contributed by atoms with E-state index in [9.17, 15) is 0 Å². The second kappa shape index (κ2) is 6.13. The molecule has 1 N–H and O–H groups in total. The zero-order valence-corrected chi connectivity index (χ0v) is 12.9. The highest BCUT2D eigenvalue weighted by atomic mass is 15.3. The fraction of sp³-hybridized carbons (Fsp3) is 1.00. The van der Waals surface area contributed by atoms with Crippen molar-refractivity contribution in [3.05, 3.63) is 0 Å². The molecule has 2 aliphatic carbocycles.